The fourth-order valence-corrected chi connectivity index (χ4v) is 1.76. The highest BCUT2D eigenvalue weighted by atomic mass is 16.5. The second-order valence-corrected chi connectivity index (χ2v) is 5.63. The van der Waals surface area contributed by atoms with Gasteiger partial charge in [-0.2, -0.15) is 0 Å². The molecule has 0 aromatic carbocycles. The summed E-state index contributed by atoms with van der Waals surface area (Å²) in [6.45, 7) is 9.89. The summed E-state index contributed by atoms with van der Waals surface area (Å²) in [5.41, 5.74) is -0.231. The first kappa shape index (κ1) is 13.5. The maximum Gasteiger partial charge on any atom is 0.248 e. The van der Waals surface area contributed by atoms with E-state index in [-0.39, 0.29) is 18.1 Å². The van der Waals surface area contributed by atoms with E-state index < -0.39 is 0 Å². The number of likely N-dealkylation sites (N-methyl/N-ethyl adjacent to an activating group) is 1. The van der Waals surface area contributed by atoms with E-state index in [1.54, 1.807) is 0 Å². The van der Waals surface area contributed by atoms with Gasteiger partial charge in [-0.05, 0) is 46.5 Å². The highest BCUT2D eigenvalue weighted by Gasteiger charge is 2.23. The van der Waals surface area contributed by atoms with Gasteiger partial charge in [0.1, 0.15) is 6.61 Å². The topological polar surface area (TPSA) is 29.5 Å². The molecule has 1 fully saturated rings. The molecule has 0 radical (unpaired) electrons. The van der Waals surface area contributed by atoms with Crippen LogP contribution in [0.3, 0.4) is 0 Å². The third-order valence-corrected chi connectivity index (χ3v) is 3.07. The smallest absolute Gasteiger partial charge is 0.248 e. The standard InChI is InChI=1S/C13H25NO2/c1-5-14(9-11-7-6-8-11)12(15)10-16-13(2,3)4/h11H,5-10H2,1-4H3. The van der Waals surface area contributed by atoms with Crippen molar-refractivity contribution in [3.8, 4) is 0 Å². The Balaban J connectivity index is 2.30. The minimum atomic E-state index is -0.231. The quantitative estimate of drug-likeness (QED) is 0.722. The van der Waals surface area contributed by atoms with Gasteiger partial charge in [0.25, 0.3) is 0 Å². The van der Waals surface area contributed by atoms with Crippen molar-refractivity contribution in [2.75, 3.05) is 19.7 Å². The van der Waals surface area contributed by atoms with Crippen LogP contribution in [0.1, 0.15) is 47.0 Å². The number of carbonyl (C=O) groups excluding carboxylic acids is 1. The third kappa shape index (κ3) is 4.52. The van der Waals surface area contributed by atoms with Gasteiger partial charge in [0.05, 0.1) is 5.60 Å². The van der Waals surface area contributed by atoms with E-state index in [2.05, 4.69) is 0 Å². The van der Waals surface area contributed by atoms with Gasteiger partial charge in [0.15, 0.2) is 0 Å². The van der Waals surface area contributed by atoms with Crippen LogP contribution in [0.5, 0.6) is 0 Å². The Labute approximate surface area is 99.1 Å². The molecule has 0 aliphatic heterocycles. The highest BCUT2D eigenvalue weighted by molar-refractivity contribution is 5.77. The van der Waals surface area contributed by atoms with Gasteiger partial charge in [0, 0.05) is 13.1 Å². The molecule has 0 heterocycles. The lowest BCUT2D eigenvalue weighted by Gasteiger charge is -2.32. The predicted molar refractivity (Wildman–Crippen MR) is 65.3 cm³/mol. The van der Waals surface area contributed by atoms with E-state index in [0.717, 1.165) is 19.0 Å². The van der Waals surface area contributed by atoms with Crippen molar-refractivity contribution >= 4 is 5.91 Å². The Morgan fingerprint density at radius 2 is 2.00 bits per heavy atom. The van der Waals surface area contributed by atoms with Crippen molar-refractivity contribution in [1.82, 2.24) is 4.90 Å². The second-order valence-electron chi connectivity index (χ2n) is 5.63. The molecule has 0 bridgehead atoms. The molecule has 3 nitrogen and oxygen atoms in total. The lowest BCUT2D eigenvalue weighted by molar-refractivity contribution is -0.141. The zero-order valence-corrected chi connectivity index (χ0v) is 11.1. The number of nitrogens with zero attached hydrogens (tertiary/aromatic N) is 1. The van der Waals surface area contributed by atoms with Gasteiger partial charge in [-0.25, -0.2) is 0 Å². The van der Waals surface area contributed by atoms with E-state index in [1.165, 1.54) is 19.3 Å². The van der Waals surface area contributed by atoms with Crippen LogP contribution in [0.15, 0.2) is 0 Å². The normalized spacial score (nSPS) is 17.0. The summed E-state index contributed by atoms with van der Waals surface area (Å²) in [5, 5.41) is 0. The lowest BCUT2D eigenvalue weighted by Crippen LogP contribution is -2.40. The van der Waals surface area contributed by atoms with Crippen molar-refractivity contribution in [2.24, 2.45) is 5.92 Å². The van der Waals surface area contributed by atoms with Gasteiger partial charge >= 0.3 is 0 Å². The molecule has 1 aliphatic carbocycles. The minimum Gasteiger partial charge on any atom is -0.366 e. The Morgan fingerprint density at radius 1 is 1.38 bits per heavy atom. The summed E-state index contributed by atoms with van der Waals surface area (Å²) in [5.74, 6) is 0.864. The van der Waals surface area contributed by atoms with Crippen LogP contribution in [-0.2, 0) is 9.53 Å². The van der Waals surface area contributed by atoms with Gasteiger partial charge in [-0.1, -0.05) is 6.42 Å². The third-order valence-electron chi connectivity index (χ3n) is 3.07. The van der Waals surface area contributed by atoms with E-state index in [1.807, 2.05) is 32.6 Å². The van der Waals surface area contributed by atoms with Gasteiger partial charge in [0.2, 0.25) is 5.91 Å². The molecule has 1 amide bonds. The maximum absolute atomic E-state index is 11.9. The average Bonchev–Trinajstić information content (AvgIpc) is 2.12. The molecule has 0 atom stereocenters. The van der Waals surface area contributed by atoms with Crippen LogP contribution in [0.4, 0.5) is 0 Å². The molecule has 0 N–H and O–H groups in total. The van der Waals surface area contributed by atoms with Crippen molar-refractivity contribution in [1.29, 1.82) is 0 Å². The molecule has 94 valence electrons. The fourth-order valence-electron chi connectivity index (χ4n) is 1.76. The highest BCUT2D eigenvalue weighted by Crippen LogP contribution is 2.27. The van der Waals surface area contributed by atoms with E-state index >= 15 is 0 Å². The van der Waals surface area contributed by atoms with Gasteiger partial charge < -0.3 is 9.64 Å². The first-order valence-electron chi connectivity index (χ1n) is 6.34. The van der Waals surface area contributed by atoms with Crippen molar-refractivity contribution < 1.29 is 9.53 Å². The number of carbonyl (C=O) groups is 1. The summed E-state index contributed by atoms with van der Waals surface area (Å²) in [6.07, 6.45) is 3.89. The maximum atomic E-state index is 11.9. The number of rotatable bonds is 5. The number of hydrogen-bond acceptors (Lipinski definition) is 2. The zero-order valence-electron chi connectivity index (χ0n) is 11.1. The van der Waals surface area contributed by atoms with E-state index in [4.69, 9.17) is 4.74 Å². The minimum absolute atomic E-state index is 0.129. The van der Waals surface area contributed by atoms with Crippen LogP contribution in [0.25, 0.3) is 0 Å². The van der Waals surface area contributed by atoms with Gasteiger partial charge in [-0.15, -0.1) is 0 Å². The fraction of sp³-hybridized carbons (Fsp3) is 0.923. The van der Waals surface area contributed by atoms with Crippen molar-refractivity contribution in [3.05, 3.63) is 0 Å². The van der Waals surface area contributed by atoms with Crippen LogP contribution in [0.2, 0.25) is 0 Å². The van der Waals surface area contributed by atoms with Crippen LogP contribution in [-0.4, -0.2) is 36.1 Å². The van der Waals surface area contributed by atoms with Crippen molar-refractivity contribution in [2.45, 2.75) is 52.6 Å². The monoisotopic (exact) mass is 227 g/mol. The molecular formula is C13H25NO2. The van der Waals surface area contributed by atoms with Crippen LogP contribution in [0, 0.1) is 5.92 Å². The summed E-state index contributed by atoms with van der Waals surface area (Å²) in [4.78, 5) is 13.8. The molecule has 0 spiro atoms. The molecule has 0 saturated heterocycles. The first-order chi connectivity index (χ1) is 7.42. The molecule has 16 heavy (non-hydrogen) atoms. The molecule has 0 aromatic heterocycles. The lowest BCUT2D eigenvalue weighted by atomic mass is 9.85. The molecule has 3 heteroatoms. The number of amides is 1. The Bertz CT molecular complexity index is 229. The summed E-state index contributed by atoms with van der Waals surface area (Å²) in [7, 11) is 0. The molecule has 0 aromatic rings. The second kappa shape index (κ2) is 5.67. The Kier molecular flexibility index (Phi) is 4.78. The zero-order chi connectivity index (χ0) is 12.2. The van der Waals surface area contributed by atoms with E-state index in [9.17, 15) is 4.79 Å². The Hall–Kier alpha value is -0.570. The van der Waals surface area contributed by atoms with E-state index in [0.29, 0.717) is 0 Å². The SMILES string of the molecule is CCN(CC1CCC1)C(=O)COC(C)(C)C. The summed E-state index contributed by atoms with van der Waals surface area (Å²) in [6, 6.07) is 0. The molecule has 1 rings (SSSR count). The Morgan fingerprint density at radius 3 is 2.38 bits per heavy atom. The summed E-state index contributed by atoms with van der Waals surface area (Å²) >= 11 is 0. The summed E-state index contributed by atoms with van der Waals surface area (Å²) < 4.78 is 5.52. The van der Waals surface area contributed by atoms with Crippen molar-refractivity contribution in [3.63, 3.8) is 0 Å². The number of ether oxygens (including phenoxy) is 1. The number of hydrogen-bond donors (Lipinski definition) is 0. The molecular weight excluding hydrogens is 202 g/mol. The average molecular weight is 227 g/mol. The first-order valence-corrected chi connectivity index (χ1v) is 6.34. The van der Waals surface area contributed by atoms with Crippen LogP contribution < -0.4 is 0 Å². The predicted octanol–water partition coefficient (Wildman–Crippen LogP) is 2.45. The largest absolute Gasteiger partial charge is 0.366 e. The molecule has 1 aliphatic rings. The van der Waals surface area contributed by atoms with Gasteiger partial charge in [-0.3, -0.25) is 4.79 Å². The van der Waals surface area contributed by atoms with Crippen LogP contribution >= 0.6 is 0 Å². The molecule has 1 saturated carbocycles. The molecule has 0 unspecified atom stereocenters.